The fourth-order valence-corrected chi connectivity index (χ4v) is 9.26. The molecule has 4 saturated carbocycles. The molecule has 3 aromatic heterocycles. The summed E-state index contributed by atoms with van der Waals surface area (Å²) in [6.07, 6.45) is 13.9. The van der Waals surface area contributed by atoms with Crippen LogP contribution >= 0.6 is 0 Å². The number of ether oxygens (including phenoxy) is 3. The van der Waals surface area contributed by atoms with Crippen LogP contribution in [0.1, 0.15) is 56.9 Å². The first kappa shape index (κ1) is 33.3. The zero-order chi connectivity index (χ0) is 34.3. The molecular weight excluding hydrogens is 651 g/mol. The van der Waals surface area contributed by atoms with Gasteiger partial charge < -0.3 is 18.8 Å². The SMILES string of the molecule is Cc1ccc(S(=O)(=O)OCCCCCOCC23CC(COC4CC(Oc5ccc(-c6ccc7c8cnccc8n(C)c7c6)cn5)C4)(C2)C3)cc1. The molecule has 0 saturated heterocycles. The molecule has 50 heavy (non-hydrogen) atoms. The van der Waals surface area contributed by atoms with Crippen LogP contribution < -0.4 is 4.74 Å². The topological polar surface area (TPSA) is 102 Å². The molecule has 0 N–H and O–H groups in total. The Morgan fingerprint density at radius 2 is 1.56 bits per heavy atom. The Bertz CT molecular complexity index is 2070. The fraction of sp³-hybridized carbons (Fsp3) is 0.450. The Kier molecular flexibility index (Phi) is 8.91. The smallest absolute Gasteiger partial charge is 0.296 e. The Morgan fingerprint density at radius 3 is 2.34 bits per heavy atom. The van der Waals surface area contributed by atoms with Gasteiger partial charge in [-0.05, 0) is 92.2 Å². The second-order valence-electron chi connectivity index (χ2n) is 14.9. The lowest BCUT2D eigenvalue weighted by Crippen LogP contribution is -2.66. The number of hydrogen-bond donors (Lipinski definition) is 0. The van der Waals surface area contributed by atoms with Gasteiger partial charge in [0.25, 0.3) is 10.1 Å². The summed E-state index contributed by atoms with van der Waals surface area (Å²) in [5.41, 5.74) is 6.25. The molecule has 2 aromatic carbocycles. The Balaban J connectivity index is 0.690. The summed E-state index contributed by atoms with van der Waals surface area (Å²) in [4.78, 5) is 9.13. The lowest BCUT2D eigenvalue weighted by molar-refractivity contribution is -0.263. The summed E-state index contributed by atoms with van der Waals surface area (Å²) >= 11 is 0. The van der Waals surface area contributed by atoms with Gasteiger partial charge in [-0.1, -0.05) is 29.8 Å². The number of pyridine rings is 2. The Morgan fingerprint density at radius 1 is 0.800 bits per heavy atom. The van der Waals surface area contributed by atoms with Crippen molar-refractivity contribution in [2.75, 3.05) is 26.4 Å². The second-order valence-corrected chi connectivity index (χ2v) is 16.6. The standard InChI is InChI=1S/C40H45N3O6S/c1-28-6-10-33(11-7-28)50(44,45)48-17-5-3-4-16-46-26-39-23-40(24-39,25-39)27-47-31-19-32(20-31)49-38-13-9-30(21-42-38)29-8-12-34-35-22-41-15-14-36(35)43(2)37(34)18-29/h6-15,18,21-22,31-32H,3-5,16-17,19-20,23-27H2,1-2H3. The van der Waals surface area contributed by atoms with Crippen LogP contribution in [0.4, 0.5) is 0 Å². The van der Waals surface area contributed by atoms with E-state index >= 15 is 0 Å². The van der Waals surface area contributed by atoms with Crippen molar-refractivity contribution in [2.24, 2.45) is 17.9 Å². The first-order valence-corrected chi connectivity index (χ1v) is 19.2. The van der Waals surface area contributed by atoms with Gasteiger partial charge in [0.15, 0.2) is 0 Å². The maximum atomic E-state index is 12.3. The molecule has 4 aliphatic carbocycles. The summed E-state index contributed by atoms with van der Waals surface area (Å²) in [6, 6.07) is 19.4. The molecular formula is C40H45N3O6S. The molecule has 0 amide bonds. The van der Waals surface area contributed by atoms with Crippen LogP contribution in [0.25, 0.3) is 32.9 Å². The third kappa shape index (κ3) is 6.66. The second kappa shape index (κ2) is 13.4. The summed E-state index contributed by atoms with van der Waals surface area (Å²) in [5.74, 6) is 0.662. The van der Waals surface area contributed by atoms with Crippen LogP contribution in [0.15, 0.2) is 84.1 Å². The molecule has 9 nitrogen and oxygen atoms in total. The molecule has 2 bridgehead atoms. The maximum Gasteiger partial charge on any atom is 0.296 e. The zero-order valence-corrected chi connectivity index (χ0v) is 29.7. The van der Waals surface area contributed by atoms with E-state index in [1.165, 1.54) is 41.1 Å². The van der Waals surface area contributed by atoms with E-state index in [1.807, 2.05) is 31.6 Å². The lowest BCUT2D eigenvalue weighted by Gasteiger charge is -2.70. The predicted molar refractivity (Wildman–Crippen MR) is 193 cm³/mol. The van der Waals surface area contributed by atoms with Gasteiger partial charge in [0.1, 0.15) is 6.10 Å². The van der Waals surface area contributed by atoms with Crippen LogP contribution in [-0.2, 0) is 30.8 Å². The molecule has 0 radical (unpaired) electrons. The van der Waals surface area contributed by atoms with Gasteiger partial charge in [-0.15, -0.1) is 0 Å². The molecule has 0 aliphatic heterocycles. The number of fused-ring (bicyclic) bond motifs is 3. The van der Waals surface area contributed by atoms with Crippen molar-refractivity contribution < 1.29 is 26.8 Å². The molecule has 262 valence electrons. The quantitative estimate of drug-likeness (QED) is 0.0762. The Hall–Kier alpha value is -3.83. The van der Waals surface area contributed by atoms with Gasteiger partial charge in [-0.25, -0.2) is 4.98 Å². The minimum atomic E-state index is -3.68. The molecule has 0 unspecified atom stereocenters. The van der Waals surface area contributed by atoms with E-state index in [2.05, 4.69) is 51.9 Å². The first-order chi connectivity index (χ1) is 24.2. The average Bonchev–Trinajstić information content (AvgIpc) is 3.35. The van der Waals surface area contributed by atoms with Crippen molar-refractivity contribution in [3.05, 3.63) is 84.8 Å². The fourth-order valence-electron chi connectivity index (χ4n) is 8.32. The number of aryl methyl sites for hydroxylation is 2. The van der Waals surface area contributed by atoms with Gasteiger partial charge >= 0.3 is 0 Å². The van der Waals surface area contributed by atoms with Crippen molar-refractivity contribution in [1.29, 1.82) is 0 Å². The van der Waals surface area contributed by atoms with Crippen LogP contribution in [0.2, 0.25) is 0 Å². The number of unbranched alkanes of at least 4 members (excludes halogenated alkanes) is 2. The zero-order valence-electron chi connectivity index (χ0n) is 28.8. The maximum absolute atomic E-state index is 12.3. The molecule has 0 spiro atoms. The van der Waals surface area contributed by atoms with Crippen molar-refractivity contribution in [3.63, 3.8) is 0 Å². The molecule has 4 fully saturated rings. The van der Waals surface area contributed by atoms with Crippen LogP contribution in [0, 0.1) is 17.8 Å². The van der Waals surface area contributed by atoms with Crippen molar-refractivity contribution in [1.82, 2.24) is 14.5 Å². The average molecular weight is 696 g/mol. The third-order valence-corrected chi connectivity index (χ3v) is 12.3. The van der Waals surface area contributed by atoms with E-state index < -0.39 is 10.1 Å². The van der Waals surface area contributed by atoms with Crippen LogP contribution in [0.3, 0.4) is 0 Å². The highest BCUT2D eigenvalue weighted by Crippen LogP contribution is 2.73. The van der Waals surface area contributed by atoms with Gasteiger partial charge in [0.05, 0.1) is 36.3 Å². The molecule has 4 aliphatic rings. The number of rotatable bonds is 16. The normalized spacial score (nSPS) is 24.1. The summed E-state index contributed by atoms with van der Waals surface area (Å²) in [7, 11) is -1.59. The van der Waals surface area contributed by atoms with E-state index in [0.717, 1.165) is 55.6 Å². The van der Waals surface area contributed by atoms with Crippen LogP contribution in [0.5, 0.6) is 5.88 Å². The molecule has 5 aromatic rings. The van der Waals surface area contributed by atoms with E-state index in [0.29, 0.717) is 29.7 Å². The third-order valence-electron chi connectivity index (χ3n) is 11.0. The number of hydrogen-bond acceptors (Lipinski definition) is 8. The van der Waals surface area contributed by atoms with Gasteiger partial charge in [-0.3, -0.25) is 9.17 Å². The van der Waals surface area contributed by atoms with E-state index in [4.69, 9.17) is 18.4 Å². The van der Waals surface area contributed by atoms with Crippen LogP contribution in [-0.4, -0.2) is 61.6 Å². The lowest BCUT2D eigenvalue weighted by atomic mass is 9.35. The van der Waals surface area contributed by atoms with Gasteiger partial charge in [-0.2, -0.15) is 8.42 Å². The molecule has 3 heterocycles. The first-order valence-electron chi connectivity index (χ1n) is 17.8. The van der Waals surface area contributed by atoms with E-state index in [1.54, 1.807) is 24.3 Å². The van der Waals surface area contributed by atoms with Crippen molar-refractivity contribution >= 4 is 31.9 Å². The number of benzene rings is 2. The highest BCUT2D eigenvalue weighted by atomic mass is 32.2. The monoisotopic (exact) mass is 695 g/mol. The van der Waals surface area contributed by atoms with E-state index in [-0.39, 0.29) is 23.7 Å². The summed E-state index contributed by atoms with van der Waals surface area (Å²) in [5, 5.41) is 2.37. The van der Waals surface area contributed by atoms with E-state index in [9.17, 15) is 8.42 Å². The van der Waals surface area contributed by atoms with Crippen molar-refractivity contribution in [2.45, 2.75) is 75.4 Å². The minimum absolute atomic E-state index is 0.149. The van der Waals surface area contributed by atoms with Crippen molar-refractivity contribution in [3.8, 4) is 17.0 Å². The van der Waals surface area contributed by atoms with Gasteiger partial charge in [0.2, 0.25) is 5.88 Å². The number of nitrogens with zero attached hydrogens (tertiary/aromatic N) is 3. The Labute approximate surface area is 294 Å². The van der Waals surface area contributed by atoms with Gasteiger partial charge in [0, 0.05) is 73.0 Å². The summed E-state index contributed by atoms with van der Waals surface area (Å²) < 4.78 is 50.5. The highest BCUT2D eigenvalue weighted by Gasteiger charge is 2.67. The minimum Gasteiger partial charge on any atom is -0.474 e. The highest BCUT2D eigenvalue weighted by molar-refractivity contribution is 7.86. The summed E-state index contributed by atoms with van der Waals surface area (Å²) in [6.45, 7) is 4.48. The predicted octanol–water partition coefficient (Wildman–Crippen LogP) is 7.79. The molecule has 0 atom stereocenters. The number of aromatic nitrogens is 3. The largest absolute Gasteiger partial charge is 0.474 e. The molecule has 9 rings (SSSR count). The molecule has 10 heteroatoms.